The Morgan fingerprint density at radius 3 is 2.46 bits per heavy atom. The molecule has 0 aromatic rings. The molecule has 0 rings (SSSR count). The van der Waals surface area contributed by atoms with Crippen LogP contribution in [0.25, 0.3) is 0 Å². The van der Waals surface area contributed by atoms with E-state index in [-0.39, 0.29) is 18.3 Å². The molecule has 4 heteroatoms. The predicted molar refractivity (Wildman–Crippen MR) is 58.0 cm³/mol. The number of halogens is 1. The molecule has 0 aromatic heterocycles. The van der Waals surface area contributed by atoms with Gasteiger partial charge in [0.2, 0.25) is 5.91 Å². The quantitative estimate of drug-likeness (QED) is 0.687. The minimum Gasteiger partial charge on any atom is -0.342 e. The van der Waals surface area contributed by atoms with Crippen LogP contribution in [-0.4, -0.2) is 30.9 Å². The van der Waals surface area contributed by atoms with Crippen LogP contribution in [0.3, 0.4) is 0 Å². The fraction of sp³-hybridized carbons (Fsp3) is 0.667. The fourth-order valence-electron chi connectivity index (χ4n) is 0.851. The number of rotatable bonds is 5. The van der Waals surface area contributed by atoms with Crippen LogP contribution >= 0.6 is 12.4 Å². The van der Waals surface area contributed by atoms with Gasteiger partial charge < -0.3 is 10.6 Å². The maximum absolute atomic E-state index is 11.4. The molecule has 0 fully saturated rings. The molecular formula is C9H19ClN2O. The summed E-state index contributed by atoms with van der Waals surface area (Å²) in [6.07, 6.45) is 1.56. The number of nitrogens with two attached hydrogens (primary N) is 1. The Balaban J connectivity index is 0. The Morgan fingerprint density at radius 2 is 2.08 bits per heavy atom. The van der Waals surface area contributed by atoms with Gasteiger partial charge in [0.1, 0.15) is 0 Å². The minimum absolute atomic E-state index is 0. The Kier molecular flexibility index (Phi) is 9.29. The Bertz CT molecular complexity index is 171. The third-order valence-corrected chi connectivity index (χ3v) is 1.77. The van der Waals surface area contributed by atoms with E-state index in [0.29, 0.717) is 25.1 Å². The van der Waals surface area contributed by atoms with Crippen LogP contribution < -0.4 is 5.73 Å². The maximum Gasteiger partial charge on any atom is 0.248 e. The topological polar surface area (TPSA) is 46.3 Å². The third-order valence-electron chi connectivity index (χ3n) is 1.77. The summed E-state index contributed by atoms with van der Waals surface area (Å²) in [4.78, 5) is 13.0. The van der Waals surface area contributed by atoms with Crippen LogP contribution in [0.5, 0.6) is 0 Å². The smallest absolute Gasteiger partial charge is 0.248 e. The molecule has 0 aliphatic carbocycles. The summed E-state index contributed by atoms with van der Waals surface area (Å²) in [5, 5.41) is 0. The van der Waals surface area contributed by atoms with Crippen LogP contribution in [-0.2, 0) is 4.79 Å². The lowest BCUT2D eigenvalue weighted by Gasteiger charge is -2.17. The molecular weight excluding hydrogens is 188 g/mol. The van der Waals surface area contributed by atoms with Crippen molar-refractivity contribution in [1.82, 2.24) is 4.90 Å². The van der Waals surface area contributed by atoms with Crippen molar-refractivity contribution in [3.8, 4) is 0 Å². The van der Waals surface area contributed by atoms with Crippen LogP contribution in [0, 0.1) is 0 Å². The van der Waals surface area contributed by atoms with Gasteiger partial charge in [0.25, 0.3) is 0 Å². The van der Waals surface area contributed by atoms with E-state index in [1.807, 2.05) is 6.92 Å². The van der Waals surface area contributed by atoms with Crippen LogP contribution in [0.2, 0.25) is 0 Å². The summed E-state index contributed by atoms with van der Waals surface area (Å²) in [5.41, 5.74) is 5.99. The maximum atomic E-state index is 11.4. The van der Waals surface area contributed by atoms with Gasteiger partial charge in [0.05, 0.1) is 0 Å². The van der Waals surface area contributed by atoms with Crippen LogP contribution in [0.1, 0.15) is 19.8 Å². The van der Waals surface area contributed by atoms with Gasteiger partial charge in [-0.2, -0.15) is 0 Å². The van der Waals surface area contributed by atoms with Gasteiger partial charge in [-0.3, -0.25) is 4.79 Å². The molecule has 78 valence electrons. The van der Waals surface area contributed by atoms with E-state index in [1.54, 1.807) is 11.9 Å². The molecule has 2 N–H and O–H groups in total. The van der Waals surface area contributed by atoms with Gasteiger partial charge in [-0.25, -0.2) is 0 Å². The predicted octanol–water partition coefficient (Wildman–Crippen LogP) is 1.18. The zero-order valence-electron chi connectivity index (χ0n) is 8.38. The number of hydrogen-bond donors (Lipinski definition) is 1. The zero-order chi connectivity index (χ0) is 9.56. The first-order valence-electron chi connectivity index (χ1n) is 4.26. The summed E-state index contributed by atoms with van der Waals surface area (Å²) < 4.78 is 0. The molecule has 0 bridgehead atoms. The Morgan fingerprint density at radius 1 is 1.54 bits per heavy atom. The summed E-state index contributed by atoms with van der Waals surface area (Å²) in [5.74, 6) is 0.0333. The number of likely N-dealkylation sites (N-methyl/N-ethyl adjacent to an activating group) is 1. The number of carbonyl (C=O) groups excluding carboxylic acids is 1. The lowest BCUT2D eigenvalue weighted by Crippen LogP contribution is -2.29. The number of nitrogens with zero attached hydrogens (tertiary/aromatic N) is 1. The normalized spacial score (nSPS) is 8.85. The minimum atomic E-state index is 0. The summed E-state index contributed by atoms with van der Waals surface area (Å²) >= 11 is 0. The van der Waals surface area contributed by atoms with Gasteiger partial charge in [-0.05, 0) is 19.4 Å². The van der Waals surface area contributed by atoms with Crippen molar-refractivity contribution in [1.29, 1.82) is 0 Å². The van der Waals surface area contributed by atoms with Gasteiger partial charge in [-0.1, -0.05) is 13.5 Å². The summed E-state index contributed by atoms with van der Waals surface area (Å²) in [6.45, 7) is 6.95. The van der Waals surface area contributed by atoms with Crippen molar-refractivity contribution in [3.63, 3.8) is 0 Å². The van der Waals surface area contributed by atoms with Gasteiger partial charge in [-0.15, -0.1) is 12.4 Å². The Labute approximate surface area is 86.4 Å². The third kappa shape index (κ3) is 5.66. The number of carbonyl (C=O) groups is 1. The Hall–Kier alpha value is -0.540. The molecule has 0 unspecified atom stereocenters. The molecule has 0 saturated carbocycles. The van der Waals surface area contributed by atoms with Crippen molar-refractivity contribution in [3.05, 3.63) is 12.2 Å². The molecule has 0 spiro atoms. The van der Waals surface area contributed by atoms with Crippen molar-refractivity contribution in [2.75, 3.05) is 20.1 Å². The molecule has 0 atom stereocenters. The van der Waals surface area contributed by atoms with Crippen LogP contribution in [0.4, 0.5) is 0 Å². The van der Waals surface area contributed by atoms with Gasteiger partial charge in [0, 0.05) is 19.2 Å². The lowest BCUT2D eigenvalue weighted by atomic mass is 10.2. The highest BCUT2D eigenvalue weighted by Gasteiger charge is 2.09. The molecule has 0 aliphatic rings. The average molecular weight is 207 g/mol. The van der Waals surface area contributed by atoms with Crippen molar-refractivity contribution in [2.45, 2.75) is 19.8 Å². The lowest BCUT2D eigenvalue weighted by molar-refractivity contribution is -0.126. The van der Waals surface area contributed by atoms with E-state index in [1.165, 1.54) is 0 Å². The first kappa shape index (κ1) is 15.0. The molecule has 0 aliphatic heterocycles. The highest BCUT2D eigenvalue weighted by Crippen LogP contribution is 2.01. The van der Waals surface area contributed by atoms with Crippen molar-refractivity contribution < 1.29 is 4.79 Å². The fourth-order valence-corrected chi connectivity index (χ4v) is 0.851. The van der Waals surface area contributed by atoms with E-state index in [9.17, 15) is 4.79 Å². The summed E-state index contributed by atoms with van der Waals surface area (Å²) in [6, 6.07) is 0. The first-order valence-corrected chi connectivity index (χ1v) is 4.26. The summed E-state index contributed by atoms with van der Waals surface area (Å²) in [7, 11) is 1.78. The van der Waals surface area contributed by atoms with Gasteiger partial charge in [0.15, 0.2) is 0 Å². The van der Waals surface area contributed by atoms with E-state index >= 15 is 0 Å². The molecule has 0 heterocycles. The molecule has 0 radical (unpaired) electrons. The van der Waals surface area contributed by atoms with Gasteiger partial charge >= 0.3 is 0 Å². The zero-order valence-corrected chi connectivity index (χ0v) is 9.19. The second-order valence-electron chi connectivity index (χ2n) is 2.83. The molecule has 0 saturated heterocycles. The monoisotopic (exact) mass is 206 g/mol. The number of amides is 1. The second-order valence-corrected chi connectivity index (χ2v) is 2.83. The molecule has 3 nitrogen and oxygen atoms in total. The highest BCUT2D eigenvalue weighted by atomic mass is 35.5. The molecule has 1 amide bonds. The van der Waals surface area contributed by atoms with E-state index in [4.69, 9.17) is 5.73 Å². The van der Waals surface area contributed by atoms with E-state index < -0.39 is 0 Å². The largest absolute Gasteiger partial charge is 0.342 e. The highest BCUT2D eigenvalue weighted by molar-refractivity contribution is 5.92. The standard InChI is InChI=1S/C9H18N2O.ClH/c1-4-8(2)9(12)11(3)7-5-6-10;/h2,4-7,10H2,1,3H3;1H. The van der Waals surface area contributed by atoms with E-state index in [2.05, 4.69) is 6.58 Å². The van der Waals surface area contributed by atoms with E-state index in [0.717, 1.165) is 6.42 Å². The van der Waals surface area contributed by atoms with Crippen LogP contribution in [0.15, 0.2) is 12.2 Å². The first-order chi connectivity index (χ1) is 5.63. The van der Waals surface area contributed by atoms with Crippen molar-refractivity contribution in [2.24, 2.45) is 5.73 Å². The second kappa shape index (κ2) is 8.08. The SMILES string of the molecule is C=C(CC)C(=O)N(C)CCCN.Cl. The number of hydrogen-bond acceptors (Lipinski definition) is 2. The molecule has 13 heavy (non-hydrogen) atoms. The average Bonchev–Trinajstić information content (AvgIpc) is 2.11. The van der Waals surface area contributed by atoms with Crippen molar-refractivity contribution >= 4 is 18.3 Å². The molecule has 0 aromatic carbocycles.